The fourth-order valence-corrected chi connectivity index (χ4v) is 3.53. The van der Waals surface area contributed by atoms with Gasteiger partial charge in [0, 0.05) is 5.92 Å². The van der Waals surface area contributed by atoms with Crippen molar-refractivity contribution in [2.24, 2.45) is 5.92 Å². The van der Waals surface area contributed by atoms with E-state index < -0.39 is 0 Å². The summed E-state index contributed by atoms with van der Waals surface area (Å²) in [4.78, 5) is 0. The lowest BCUT2D eigenvalue weighted by atomic mass is 9.84. The van der Waals surface area contributed by atoms with Crippen LogP contribution in [-0.2, 0) is 4.74 Å². The van der Waals surface area contributed by atoms with Gasteiger partial charge in [0.15, 0.2) is 0 Å². The predicted octanol–water partition coefficient (Wildman–Crippen LogP) is 4.94. The van der Waals surface area contributed by atoms with Crippen LogP contribution in [0, 0.1) is 5.92 Å². The summed E-state index contributed by atoms with van der Waals surface area (Å²) in [5, 5.41) is 10.6. The number of hydrogen-bond acceptors (Lipinski definition) is 2. The summed E-state index contributed by atoms with van der Waals surface area (Å²) in [6.45, 7) is 12.7. The Labute approximate surface area is 136 Å². The van der Waals surface area contributed by atoms with Crippen LogP contribution in [0.4, 0.5) is 0 Å². The van der Waals surface area contributed by atoms with E-state index in [-0.39, 0.29) is 23.7 Å². The van der Waals surface area contributed by atoms with E-state index in [2.05, 4.69) is 39.5 Å². The third kappa shape index (κ3) is 4.57. The van der Waals surface area contributed by atoms with Gasteiger partial charge >= 0.3 is 0 Å². The molecule has 124 valence electrons. The fourth-order valence-electron chi connectivity index (χ4n) is 3.53. The smallest absolute Gasteiger partial charge is 0.0923 e. The highest BCUT2D eigenvalue weighted by Crippen LogP contribution is 2.45. The second-order valence-electron chi connectivity index (χ2n) is 7.56. The quantitative estimate of drug-likeness (QED) is 0.549. The summed E-state index contributed by atoms with van der Waals surface area (Å²) < 4.78 is 5.98. The zero-order valence-electron chi connectivity index (χ0n) is 14.7. The van der Waals surface area contributed by atoms with Gasteiger partial charge in [-0.25, -0.2) is 0 Å². The average Bonchev–Trinajstić information content (AvgIpc) is 3.05. The Kier molecular flexibility index (Phi) is 5.68. The van der Waals surface area contributed by atoms with Gasteiger partial charge in [-0.3, -0.25) is 0 Å². The van der Waals surface area contributed by atoms with Gasteiger partial charge in [-0.1, -0.05) is 35.5 Å². The van der Waals surface area contributed by atoms with Crippen LogP contribution in [0.5, 0.6) is 0 Å². The molecule has 2 heteroatoms. The minimum Gasteiger partial charge on any atom is -0.392 e. The highest BCUT2D eigenvalue weighted by molar-refractivity contribution is 5.12. The molecule has 1 aliphatic carbocycles. The maximum atomic E-state index is 10.6. The Balaban J connectivity index is 2.13. The van der Waals surface area contributed by atoms with E-state index in [1.165, 1.54) is 11.1 Å². The number of aliphatic hydroxyl groups is 1. The summed E-state index contributed by atoms with van der Waals surface area (Å²) in [6.07, 6.45) is 10.5. The first-order valence-electron chi connectivity index (χ1n) is 8.64. The lowest BCUT2D eigenvalue weighted by Crippen LogP contribution is -2.25. The van der Waals surface area contributed by atoms with Crippen LogP contribution < -0.4 is 0 Å². The maximum Gasteiger partial charge on any atom is 0.0923 e. The standard InChI is InChI=1S/C20H32O2/c1-14(2)17-13-19-20(5,22-19)11-7-10-15(3)8-6-9-16(4)12-18(17)21/h9-10,17-19,21H,1,6-8,11-13H2,2-5H3/b15-10+,16-9+/t17?,18-,19?,20+/m1/s1. The number of rotatable bonds is 1. The van der Waals surface area contributed by atoms with Crippen LogP contribution in [0.3, 0.4) is 0 Å². The predicted molar refractivity (Wildman–Crippen MR) is 92.8 cm³/mol. The topological polar surface area (TPSA) is 32.8 Å². The molecule has 1 fully saturated rings. The highest BCUT2D eigenvalue weighted by atomic mass is 16.6. The fraction of sp³-hybridized carbons (Fsp3) is 0.700. The van der Waals surface area contributed by atoms with Crippen molar-refractivity contribution in [2.75, 3.05) is 0 Å². The minimum absolute atomic E-state index is 0.000793. The second kappa shape index (κ2) is 7.14. The van der Waals surface area contributed by atoms with Gasteiger partial charge in [-0.2, -0.15) is 0 Å². The van der Waals surface area contributed by atoms with E-state index in [4.69, 9.17) is 4.74 Å². The molecule has 0 amide bonds. The Morgan fingerprint density at radius 3 is 2.64 bits per heavy atom. The molecule has 1 saturated heterocycles. The van der Waals surface area contributed by atoms with E-state index in [9.17, 15) is 5.11 Å². The van der Waals surface area contributed by atoms with Crippen molar-refractivity contribution in [3.8, 4) is 0 Å². The van der Waals surface area contributed by atoms with Crippen molar-refractivity contribution < 1.29 is 9.84 Å². The summed E-state index contributed by atoms with van der Waals surface area (Å²) in [5.41, 5.74) is 3.81. The first-order valence-corrected chi connectivity index (χ1v) is 8.64. The number of ether oxygens (including phenoxy) is 1. The first-order chi connectivity index (χ1) is 10.3. The van der Waals surface area contributed by atoms with Gasteiger partial charge in [-0.15, -0.1) is 0 Å². The molecule has 2 nitrogen and oxygen atoms in total. The van der Waals surface area contributed by atoms with Gasteiger partial charge in [0.1, 0.15) is 0 Å². The number of hydrogen-bond donors (Lipinski definition) is 1. The van der Waals surface area contributed by atoms with Crippen molar-refractivity contribution in [1.29, 1.82) is 0 Å². The lowest BCUT2D eigenvalue weighted by Gasteiger charge is -2.24. The number of fused-ring (bicyclic) bond motifs is 1. The van der Waals surface area contributed by atoms with Gasteiger partial charge in [0.05, 0.1) is 17.8 Å². The Hall–Kier alpha value is -0.860. The van der Waals surface area contributed by atoms with Gasteiger partial charge in [0.25, 0.3) is 0 Å². The molecule has 1 heterocycles. The third-order valence-electron chi connectivity index (χ3n) is 5.30. The number of allylic oxidation sites excluding steroid dienone is 3. The summed E-state index contributed by atoms with van der Waals surface area (Å²) in [5.74, 6) is 0.135. The molecule has 1 N–H and O–H groups in total. The number of aliphatic hydroxyl groups excluding tert-OH is 1. The molecule has 0 aromatic rings. The van der Waals surface area contributed by atoms with E-state index in [0.717, 1.165) is 44.1 Å². The van der Waals surface area contributed by atoms with Crippen LogP contribution >= 0.6 is 0 Å². The van der Waals surface area contributed by atoms with Crippen molar-refractivity contribution in [3.05, 3.63) is 35.5 Å². The largest absolute Gasteiger partial charge is 0.392 e. The molecular formula is C20H32O2. The van der Waals surface area contributed by atoms with Crippen LogP contribution in [-0.4, -0.2) is 22.9 Å². The molecule has 22 heavy (non-hydrogen) atoms. The molecule has 0 saturated carbocycles. The van der Waals surface area contributed by atoms with Gasteiger partial charge < -0.3 is 9.84 Å². The highest BCUT2D eigenvalue weighted by Gasteiger charge is 2.52. The summed E-state index contributed by atoms with van der Waals surface area (Å²) in [7, 11) is 0. The second-order valence-corrected chi connectivity index (χ2v) is 7.56. The van der Waals surface area contributed by atoms with Crippen molar-refractivity contribution in [3.63, 3.8) is 0 Å². The van der Waals surface area contributed by atoms with Crippen molar-refractivity contribution in [1.82, 2.24) is 0 Å². The molecule has 0 aromatic carbocycles. The number of epoxide rings is 1. The average molecular weight is 304 g/mol. The molecule has 0 radical (unpaired) electrons. The molecule has 2 rings (SSSR count). The van der Waals surface area contributed by atoms with Gasteiger partial charge in [-0.05, 0) is 66.2 Å². The third-order valence-corrected chi connectivity index (χ3v) is 5.30. The normalized spacial score (nSPS) is 42.1. The minimum atomic E-state index is -0.346. The molecule has 0 aromatic heterocycles. The van der Waals surface area contributed by atoms with E-state index in [1.807, 2.05) is 6.92 Å². The lowest BCUT2D eigenvalue weighted by molar-refractivity contribution is 0.115. The zero-order chi connectivity index (χ0) is 16.3. The van der Waals surface area contributed by atoms with Crippen molar-refractivity contribution in [2.45, 2.75) is 84.0 Å². The van der Waals surface area contributed by atoms with E-state index >= 15 is 0 Å². The van der Waals surface area contributed by atoms with Crippen LogP contribution in [0.15, 0.2) is 35.5 Å². The molecule has 1 aliphatic heterocycles. The van der Waals surface area contributed by atoms with Crippen LogP contribution in [0.2, 0.25) is 0 Å². The molecule has 2 aliphatic rings. The van der Waals surface area contributed by atoms with E-state index in [0.29, 0.717) is 0 Å². The first kappa shape index (κ1) is 17.5. The molecule has 4 atom stereocenters. The Morgan fingerprint density at radius 1 is 1.27 bits per heavy atom. The van der Waals surface area contributed by atoms with Crippen LogP contribution in [0.1, 0.15) is 66.2 Å². The van der Waals surface area contributed by atoms with Crippen LogP contribution in [0.25, 0.3) is 0 Å². The summed E-state index contributed by atoms with van der Waals surface area (Å²) >= 11 is 0. The zero-order valence-corrected chi connectivity index (χ0v) is 14.7. The SMILES string of the molecule is C=C(C)C1CC2O[C@@]2(C)CC/C=C(\C)CC/C=C(\C)C[C@H]1O. The van der Waals surface area contributed by atoms with E-state index in [1.54, 1.807) is 0 Å². The molecule has 0 spiro atoms. The Morgan fingerprint density at radius 2 is 1.95 bits per heavy atom. The van der Waals surface area contributed by atoms with Gasteiger partial charge in [0.2, 0.25) is 0 Å². The molecule has 2 unspecified atom stereocenters. The maximum absolute atomic E-state index is 10.6. The van der Waals surface area contributed by atoms with Crippen molar-refractivity contribution >= 4 is 0 Å². The monoisotopic (exact) mass is 304 g/mol. The summed E-state index contributed by atoms with van der Waals surface area (Å²) in [6, 6.07) is 0. The Bertz CT molecular complexity index is 474. The molecular weight excluding hydrogens is 272 g/mol. The molecule has 0 bridgehead atoms.